The van der Waals surface area contributed by atoms with Crippen molar-refractivity contribution in [2.75, 3.05) is 11.5 Å². The van der Waals surface area contributed by atoms with E-state index in [2.05, 4.69) is 4.72 Å². The van der Waals surface area contributed by atoms with Gasteiger partial charge in [0.1, 0.15) is 0 Å². The summed E-state index contributed by atoms with van der Waals surface area (Å²) in [4.78, 5) is 0. The van der Waals surface area contributed by atoms with Crippen LogP contribution in [0.1, 0.15) is 5.56 Å². The van der Waals surface area contributed by atoms with Crippen molar-refractivity contribution in [3.63, 3.8) is 0 Å². The number of fused-ring (bicyclic) bond motifs is 1. The molecule has 0 unspecified atom stereocenters. The summed E-state index contributed by atoms with van der Waals surface area (Å²) in [5, 5.41) is 0. The fourth-order valence-electron chi connectivity index (χ4n) is 1.97. The standard InChI is InChI=1S/C14H13NO4S/c16-20(17,9-11-4-2-1-3-5-11)15-12-6-7-13-14(8-12)19-10-18-13/h1-8,15H,9-10H2. The normalized spacial score (nSPS) is 13.2. The molecule has 1 aliphatic heterocycles. The summed E-state index contributed by atoms with van der Waals surface area (Å²) >= 11 is 0. The highest BCUT2D eigenvalue weighted by Crippen LogP contribution is 2.34. The van der Waals surface area contributed by atoms with E-state index in [1.54, 1.807) is 30.3 Å². The maximum absolute atomic E-state index is 12.1. The number of rotatable bonds is 4. The van der Waals surface area contributed by atoms with Crippen molar-refractivity contribution in [2.24, 2.45) is 0 Å². The Balaban J connectivity index is 1.76. The first-order valence-electron chi connectivity index (χ1n) is 6.06. The third kappa shape index (κ3) is 2.85. The van der Waals surface area contributed by atoms with E-state index >= 15 is 0 Å². The highest BCUT2D eigenvalue weighted by molar-refractivity contribution is 7.91. The summed E-state index contributed by atoms with van der Waals surface area (Å²) in [6.45, 7) is 0.162. The maximum atomic E-state index is 12.1. The van der Waals surface area contributed by atoms with E-state index in [9.17, 15) is 8.42 Å². The number of sulfonamides is 1. The predicted octanol–water partition coefficient (Wildman–Crippen LogP) is 2.36. The van der Waals surface area contributed by atoms with Gasteiger partial charge in [0.15, 0.2) is 11.5 Å². The molecule has 0 bridgehead atoms. The molecule has 20 heavy (non-hydrogen) atoms. The lowest BCUT2D eigenvalue weighted by atomic mass is 10.2. The molecule has 0 atom stereocenters. The summed E-state index contributed by atoms with van der Waals surface area (Å²) in [7, 11) is -3.45. The molecule has 104 valence electrons. The summed E-state index contributed by atoms with van der Waals surface area (Å²) in [6, 6.07) is 14.0. The molecule has 0 aromatic heterocycles. The molecule has 0 amide bonds. The smallest absolute Gasteiger partial charge is 0.236 e. The summed E-state index contributed by atoms with van der Waals surface area (Å²) in [6.07, 6.45) is 0. The molecule has 1 aliphatic rings. The van der Waals surface area contributed by atoms with Gasteiger partial charge in [0.2, 0.25) is 16.8 Å². The Hall–Kier alpha value is -2.21. The minimum atomic E-state index is -3.45. The molecular formula is C14H13NO4S. The molecule has 1 N–H and O–H groups in total. The monoisotopic (exact) mass is 291 g/mol. The molecule has 0 spiro atoms. The highest BCUT2D eigenvalue weighted by Gasteiger charge is 2.16. The molecule has 0 radical (unpaired) electrons. The van der Waals surface area contributed by atoms with Gasteiger partial charge in [-0.1, -0.05) is 30.3 Å². The van der Waals surface area contributed by atoms with Crippen LogP contribution < -0.4 is 14.2 Å². The zero-order chi connectivity index (χ0) is 14.0. The molecule has 3 rings (SSSR count). The van der Waals surface area contributed by atoms with E-state index in [1.807, 2.05) is 18.2 Å². The Labute approximate surface area is 117 Å². The van der Waals surface area contributed by atoms with Crippen LogP contribution in [-0.2, 0) is 15.8 Å². The molecular weight excluding hydrogens is 278 g/mol. The Morgan fingerprint density at radius 3 is 2.55 bits per heavy atom. The van der Waals surface area contributed by atoms with Crippen LogP contribution >= 0.6 is 0 Å². The van der Waals surface area contributed by atoms with E-state index in [0.29, 0.717) is 17.2 Å². The second kappa shape index (κ2) is 5.05. The second-order valence-electron chi connectivity index (χ2n) is 4.41. The lowest BCUT2D eigenvalue weighted by molar-refractivity contribution is 0.174. The Morgan fingerprint density at radius 2 is 1.75 bits per heavy atom. The minimum absolute atomic E-state index is 0.0672. The predicted molar refractivity (Wildman–Crippen MR) is 75.3 cm³/mol. The fraction of sp³-hybridized carbons (Fsp3) is 0.143. The van der Waals surface area contributed by atoms with Gasteiger partial charge < -0.3 is 9.47 Å². The Morgan fingerprint density at radius 1 is 1.00 bits per heavy atom. The van der Waals surface area contributed by atoms with Crippen LogP contribution in [-0.4, -0.2) is 15.2 Å². The third-order valence-corrected chi connectivity index (χ3v) is 4.11. The van der Waals surface area contributed by atoms with Crippen molar-refractivity contribution in [2.45, 2.75) is 5.75 Å². The Kier molecular flexibility index (Phi) is 3.23. The topological polar surface area (TPSA) is 64.6 Å². The van der Waals surface area contributed by atoms with E-state index < -0.39 is 10.0 Å². The molecule has 2 aromatic rings. The van der Waals surface area contributed by atoms with Gasteiger partial charge in [-0.3, -0.25) is 4.72 Å². The van der Waals surface area contributed by atoms with Crippen LogP contribution in [0.15, 0.2) is 48.5 Å². The van der Waals surface area contributed by atoms with Crippen molar-refractivity contribution in [3.05, 3.63) is 54.1 Å². The van der Waals surface area contributed by atoms with E-state index in [0.717, 1.165) is 5.56 Å². The minimum Gasteiger partial charge on any atom is -0.454 e. The lowest BCUT2D eigenvalue weighted by Crippen LogP contribution is -2.14. The summed E-state index contributed by atoms with van der Waals surface area (Å²) < 4.78 is 37.1. The Bertz CT molecular complexity index is 713. The fourth-order valence-corrected chi connectivity index (χ4v) is 3.16. The highest BCUT2D eigenvalue weighted by atomic mass is 32.2. The molecule has 0 aliphatic carbocycles. The SMILES string of the molecule is O=S(=O)(Cc1ccccc1)Nc1ccc2c(c1)OCO2. The van der Waals surface area contributed by atoms with Gasteiger partial charge in [0.25, 0.3) is 0 Å². The van der Waals surface area contributed by atoms with Crippen LogP contribution in [0.3, 0.4) is 0 Å². The zero-order valence-corrected chi connectivity index (χ0v) is 11.4. The van der Waals surface area contributed by atoms with Crippen LogP contribution in [0, 0.1) is 0 Å². The lowest BCUT2D eigenvalue weighted by Gasteiger charge is -2.08. The van der Waals surface area contributed by atoms with Gasteiger partial charge in [0, 0.05) is 6.07 Å². The van der Waals surface area contributed by atoms with Gasteiger partial charge in [-0.2, -0.15) is 0 Å². The number of anilines is 1. The molecule has 5 nitrogen and oxygen atoms in total. The van der Waals surface area contributed by atoms with Crippen LogP contribution in [0.2, 0.25) is 0 Å². The van der Waals surface area contributed by atoms with E-state index in [4.69, 9.17) is 9.47 Å². The average Bonchev–Trinajstić information content (AvgIpc) is 2.86. The van der Waals surface area contributed by atoms with Gasteiger partial charge in [-0.15, -0.1) is 0 Å². The van der Waals surface area contributed by atoms with Crippen molar-refractivity contribution in [1.29, 1.82) is 0 Å². The molecule has 6 heteroatoms. The number of ether oxygens (including phenoxy) is 2. The largest absolute Gasteiger partial charge is 0.454 e. The van der Waals surface area contributed by atoms with E-state index in [-0.39, 0.29) is 12.5 Å². The molecule has 2 aromatic carbocycles. The molecule has 0 saturated carbocycles. The van der Waals surface area contributed by atoms with Gasteiger partial charge in [-0.05, 0) is 17.7 Å². The van der Waals surface area contributed by atoms with Crippen molar-refractivity contribution >= 4 is 15.7 Å². The number of hydrogen-bond acceptors (Lipinski definition) is 4. The second-order valence-corrected chi connectivity index (χ2v) is 6.14. The van der Waals surface area contributed by atoms with E-state index in [1.165, 1.54) is 0 Å². The molecule has 0 fully saturated rings. The molecule has 1 heterocycles. The van der Waals surface area contributed by atoms with Crippen molar-refractivity contribution < 1.29 is 17.9 Å². The first kappa shape index (κ1) is 12.8. The summed E-state index contributed by atoms with van der Waals surface area (Å²) in [5.41, 5.74) is 1.20. The van der Waals surface area contributed by atoms with Gasteiger partial charge in [0.05, 0.1) is 11.4 Å². The number of nitrogens with one attached hydrogen (secondary N) is 1. The first-order chi connectivity index (χ1) is 9.62. The number of hydrogen-bond donors (Lipinski definition) is 1. The first-order valence-corrected chi connectivity index (χ1v) is 7.72. The third-order valence-electron chi connectivity index (χ3n) is 2.85. The molecule has 0 saturated heterocycles. The van der Waals surface area contributed by atoms with Gasteiger partial charge >= 0.3 is 0 Å². The van der Waals surface area contributed by atoms with Crippen molar-refractivity contribution in [3.8, 4) is 11.5 Å². The quantitative estimate of drug-likeness (QED) is 0.939. The summed E-state index contributed by atoms with van der Waals surface area (Å²) in [5.74, 6) is 1.10. The van der Waals surface area contributed by atoms with Gasteiger partial charge in [-0.25, -0.2) is 8.42 Å². The van der Waals surface area contributed by atoms with Crippen LogP contribution in [0.5, 0.6) is 11.5 Å². The average molecular weight is 291 g/mol. The van der Waals surface area contributed by atoms with Crippen molar-refractivity contribution in [1.82, 2.24) is 0 Å². The zero-order valence-electron chi connectivity index (χ0n) is 10.6. The van der Waals surface area contributed by atoms with Crippen LogP contribution in [0.25, 0.3) is 0 Å². The number of benzene rings is 2. The maximum Gasteiger partial charge on any atom is 0.236 e. The van der Waals surface area contributed by atoms with Crippen LogP contribution in [0.4, 0.5) is 5.69 Å².